The zero-order valence-electron chi connectivity index (χ0n) is 15.6. The Kier molecular flexibility index (Phi) is 5.92. The normalized spacial score (nSPS) is 18.6. The molecule has 144 valence electrons. The van der Waals surface area contributed by atoms with Gasteiger partial charge in [0.2, 0.25) is 0 Å². The van der Waals surface area contributed by atoms with Crippen molar-refractivity contribution in [3.8, 4) is 0 Å². The highest BCUT2D eigenvalue weighted by Crippen LogP contribution is 2.24. The fourth-order valence-corrected chi connectivity index (χ4v) is 5.21. The number of nitrogens with zero attached hydrogens (tertiary/aromatic N) is 1. The molecule has 0 aliphatic carbocycles. The zero-order valence-corrected chi connectivity index (χ0v) is 17.1. The minimum Gasteiger partial charge on any atom is -0.330 e. The monoisotopic (exact) mass is 405 g/mol. The molecule has 0 saturated carbocycles. The highest BCUT2D eigenvalue weighted by molar-refractivity contribution is 7.91. The maximum Gasteiger partial charge on any atom is 0.254 e. The van der Waals surface area contributed by atoms with Crippen LogP contribution in [0.2, 0.25) is 5.02 Å². The van der Waals surface area contributed by atoms with Crippen molar-refractivity contribution in [2.24, 2.45) is 0 Å². The third-order valence-electron chi connectivity index (χ3n) is 5.00. The summed E-state index contributed by atoms with van der Waals surface area (Å²) in [5, 5.41) is 0.561. The second-order valence-electron chi connectivity index (χ2n) is 7.39. The molecule has 2 aromatic carbocycles. The molecule has 2 aromatic rings. The van der Waals surface area contributed by atoms with Crippen LogP contribution in [0.15, 0.2) is 48.5 Å². The summed E-state index contributed by atoms with van der Waals surface area (Å²) in [4.78, 5) is 14.8. The number of carbonyl (C=O) groups excluding carboxylic acids is 1. The molecule has 27 heavy (non-hydrogen) atoms. The molecule has 0 aromatic heterocycles. The first-order valence-corrected chi connectivity index (χ1v) is 11.3. The van der Waals surface area contributed by atoms with Gasteiger partial charge in [-0.15, -0.1) is 0 Å². The van der Waals surface area contributed by atoms with Crippen LogP contribution < -0.4 is 0 Å². The van der Waals surface area contributed by atoms with E-state index in [1.165, 1.54) is 5.56 Å². The van der Waals surface area contributed by atoms with Gasteiger partial charge in [-0.1, -0.05) is 49.7 Å². The zero-order chi connectivity index (χ0) is 19.6. The summed E-state index contributed by atoms with van der Waals surface area (Å²) >= 11 is 5.93. The maximum absolute atomic E-state index is 13.1. The van der Waals surface area contributed by atoms with Gasteiger partial charge in [-0.3, -0.25) is 4.79 Å². The van der Waals surface area contributed by atoms with Crippen molar-refractivity contribution in [2.45, 2.75) is 38.8 Å². The Morgan fingerprint density at radius 1 is 1.11 bits per heavy atom. The lowest BCUT2D eigenvalue weighted by molar-refractivity contribution is 0.0681. The number of halogens is 1. The van der Waals surface area contributed by atoms with Crippen molar-refractivity contribution in [3.63, 3.8) is 0 Å². The molecule has 1 aliphatic heterocycles. The van der Waals surface area contributed by atoms with E-state index in [0.717, 1.165) is 5.56 Å². The van der Waals surface area contributed by atoms with Gasteiger partial charge < -0.3 is 4.90 Å². The van der Waals surface area contributed by atoms with Gasteiger partial charge in [-0.05, 0) is 47.7 Å². The molecular weight excluding hydrogens is 382 g/mol. The average molecular weight is 406 g/mol. The number of carbonyl (C=O) groups is 1. The smallest absolute Gasteiger partial charge is 0.254 e. The summed E-state index contributed by atoms with van der Waals surface area (Å²) in [5.41, 5.74) is 2.74. The molecule has 1 heterocycles. The van der Waals surface area contributed by atoms with Crippen molar-refractivity contribution in [2.75, 3.05) is 11.5 Å². The molecule has 1 atom stereocenters. The van der Waals surface area contributed by atoms with Gasteiger partial charge in [0.25, 0.3) is 5.91 Å². The molecule has 6 heteroatoms. The van der Waals surface area contributed by atoms with Crippen LogP contribution in [-0.2, 0) is 16.4 Å². The number of sulfone groups is 1. The molecule has 1 aliphatic rings. The van der Waals surface area contributed by atoms with Gasteiger partial charge in [-0.25, -0.2) is 8.42 Å². The summed E-state index contributed by atoms with van der Waals surface area (Å²) in [5.74, 6) is 0.428. The second-order valence-corrected chi connectivity index (χ2v) is 10.1. The van der Waals surface area contributed by atoms with Crippen molar-refractivity contribution in [3.05, 3.63) is 70.2 Å². The molecule has 0 N–H and O–H groups in total. The van der Waals surface area contributed by atoms with Crippen LogP contribution in [0.4, 0.5) is 0 Å². The Hall–Kier alpha value is -1.85. The first kappa shape index (κ1) is 19.9. The van der Waals surface area contributed by atoms with Gasteiger partial charge in [0.15, 0.2) is 9.84 Å². The van der Waals surface area contributed by atoms with Gasteiger partial charge in [0.05, 0.1) is 11.5 Å². The lowest BCUT2D eigenvalue weighted by Crippen LogP contribution is -2.40. The summed E-state index contributed by atoms with van der Waals surface area (Å²) < 4.78 is 23.9. The molecule has 0 bridgehead atoms. The largest absolute Gasteiger partial charge is 0.330 e. The van der Waals surface area contributed by atoms with E-state index < -0.39 is 9.84 Å². The van der Waals surface area contributed by atoms with E-state index in [1.54, 1.807) is 29.2 Å². The molecular formula is C21H24ClNO3S. The van der Waals surface area contributed by atoms with Crippen molar-refractivity contribution in [1.82, 2.24) is 4.90 Å². The summed E-state index contributed by atoms with van der Waals surface area (Å²) in [6, 6.07) is 14.6. The first-order chi connectivity index (χ1) is 12.7. The van der Waals surface area contributed by atoms with Gasteiger partial charge in [0, 0.05) is 23.2 Å². The summed E-state index contributed by atoms with van der Waals surface area (Å²) in [6.45, 7) is 4.66. The third-order valence-corrected chi connectivity index (χ3v) is 7.00. The predicted molar refractivity (Wildman–Crippen MR) is 109 cm³/mol. The standard InChI is InChI=1S/C21H24ClNO3S/c1-15(2)17-5-3-16(4-6-17)13-23(20-11-12-27(25,26)14-20)21(24)18-7-9-19(22)10-8-18/h3-10,15,20H,11-14H2,1-2H3. The third kappa shape index (κ3) is 4.90. The van der Waals surface area contributed by atoms with Crippen LogP contribution in [0.1, 0.15) is 47.7 Å². The fraction of sp³-hybridized carbons (Fsp3) is 0.381. The van der Waals surface area contributed by atoms with Gasteiger partial charge in [-0.2, -0.15) is 0 Å². The molecule has 4 nitrogen and oxygen atoms in total. The quantitative estimate of drug-likeness (QED) is 0.745. The molecule has 0 radical (unpaired) electrons. The first-order valence-electron chi connectivity index (χ1n) is 9.11. The van der Waals surface area contributed by atoms with Crippen LogP contribution >= 0.6 is 11.6 Å². The van der Waals surface area contributed by atoms with Crippen LogP contribution in [0.5, 0.6) is 0 Å². The number of hydrogen-bond donors (Lipinski definition) is 0. The Balaban J connectivity index is 1.87. The van der Waals surface area contributed by atoms with Crippen molar-refractivity contribution in [1.29, 1.82) is 0 Å². The molecule has 1 unspecified atom stereocenters. The fourth-order valence-electron chi connectivity index (χ4n) is 3.35. The van der Waals surface area contributed by atoms with E-state index in [4.69, 9.17) is 11.6 Å². The predicted octanol–water partition coefficient (Wildman–Crippen LogP) is 4.29. The van der Waals surface area contributed by atoms with E-state index >= 15 is 0 Å². The number of hydrogen-bond acceptors (Lipinski definition) is 3. The Morgan fingerprint density at radius 2 is 1.74 bits per heavy atom. The topological polar surface area (TPSA) is 54.5 Å². The Labute approximate surface area is 166 Å². The van der Waals surface area contributed by atoms with E-state index in [1.807, 2.05) is 12.1 Å². The van der Waals surface area contributed by atoms with Gasteiger partial charge in [0.1, 0.15) is 0 Å². The Morgan fingerprint density at radius 3 is 2.26 bits per heavy atom. The lowest BCUT2D eigenvalue weighted by Gasteiger charge is -2.29. The highest BCUT2D eigenvalue weighted by atomic mass is 35.5. The maximum atomic E-state index is 13.1. The lowest BCUT2D eigenvalue weighted by atomic mass is 10.0. The van der Waals surface area contributed by atoms with E-state index in [-0.39, 0.29) is 23.5 Å². The number of amides is 1. The Bertz CT molecular complexity index is 905. The van der Waals surface area contributed by atoms with E-state index in [0.29, 0.717) is 29.5 Å². The van der Waals surface area contributed by atoms with E-state index in [9.17, 15) is 13.2 Å². The van der Waals surface area contributed by atoms with E-state index in [2.05, 4.69) is 26.0 Å². The van der Waals surface area contributed by atoms with Crippen LogP contribution in [-0.4, -0.2) is 36.8 Å². The molecule has 1 amide bonds. The molecule has 3 rings (SSSR count). The van der Waals surface area contributed by atoms with Crippen molar-refractivity contribution >= 4 is 27.3 Å². The molecule has 1 fully saturated rings. The van der Waals surface area contributed by atoms with Crippen molar-refractivity contribution < 1.29 is 13.2 Å². The summed E-state index contributed by atoms with van der Waals surface area (Å²) in [7, 11) is -3.09. The summed E-state index contributed by atoms with van der Waals surface area (Å²) in [6.07, 6.45) is 0.478. The van der Waals surface area contributed by atoms with Gasteiger partial charge >= 0.3 is 0 Å². The molecule has 0 spiro atoms. The highest BCUT2D eigenvalue weighted by Gasteiger charge is 2.35. The SMILES string of the molecule is CC(C)c1ccc(CN(C(=O)c2ccc(Cl)cc2)C2CCS(=O)(=O)C2)cc1. The van der Waals surface area contributed by atoms with Crippen LogP contribution in [0, 0.1) is 0 Å². The second kappa shape index (κ2) is 8.03. The number of benzene rings is 2. The minimum absolute atomic E-state index is 0.0242. The molecule has 1 saturated heterocycles. The minimum atomic E-state index is -3.09. The number of rotatable bonds is 5. The van der Waals surface area contributed by atoms with Crippen LogP contribution in [0.25, 0.3) is 0 Å². The average Bonchev–Trinajstić information content (AvgIpc) is 2.99. The van der Waals surface area contributed by atoms with Crippen LogP contribution in [0.3, 0.4) is 0 Å².